The fourth-order valence-electron chi connectivity index (χ4n) is 2.07. The molecule has 4 nitrogen and oxygen atoms in total. The van der Waals surface area contributed by atoms with Crippen LogP contribution in [0.25, 0.3) is 0 Å². The topological polar surface area (TPSA) is 44.9 Å². The van der Waals surface area contributed by atoms with Gasteiger partial charge in [-0.3, -0.25) is 4.99 Å². The number of aliphatic imine (C=N–C) groups is 1. The lowest BCUT2D eigenvalue weighted by atomic mass is 10.1. The van der Waals surface area contributed by atoms with Gasteiger partial charge in [-0.05, 0) is 32.4 Å². The minimum absolute atomic E-state index is 0. The first-order valence-electron chi connectivity index (χ1n) is 6.55. The molecule has 0 aromatic rings. The first kappa shape index (κ1) is 17.0. The molecule has 0 unspecified atom stereocenters. The fraction of sp³-hybridized carbons (Fsp3) is 0.917. The van der Waals surface area contributed by atoms with Crippen LogP contribution in [0.4, 0.5) is 0 Å². The summed E-state index contributed by atoms with van der Waals surface area (Å²) < 4.78 is 0. The van der Waals surface area contributed by atoms with Crippen molar-refractivity contribution in [2.75, 3.05) is 39.3 Å². The molecule has 0 aromatic heterocycles. The minimum Gasteiger partial charge on any atom is -0.370 e. The van der Waals surface area contributed by atoms with E-state index in [0.29, 0.717) is 0 Å². The van der Waals surface area contributed by atoms with Gasteiger partial charge in [-0.25, -0.2) is 0 Å². The molecule has 0 radical (unpaired) electrons. The number of nitrogens with zero attached hydrogens (tertiary/aromatic N) is 3. The lowest BCUT2D eigenvalue weighted by Gasteiger charge is -2.27. The summed E-state index contributed by atoms with van der Waals surface area (Å²) in [5, 5.41) is 0. The van der Waals surface area contributed by atoms with Gasteiger partial charge in [0.05, 0.1) is 6.54 Å². The van der Waals surface area contributed by atoms with Gasteiger partial charge in [0, 0.05) is 19.6 Å². The molecule has 1 saturated heterocycles. The van der Waals surface area contributed by atoms with Crippen molar-refractivity contribution in [1.82, 2.24) is 9.80 Å². The molecule has 2 N–H and O–H groups in total. The molecular weight excluding hydrogens is 327 g/mol. The molecule has 5 heteroatoms. The molecule has 1 rings (SSSR count). The summed E-state index contributed by atoms with van der Waals surface area (Å²) in [6, 6.07) is 0. The van der Waals surface area contributed by atoms with Gasteiger partial charge in [0.15, 0.2) is 5.96 Å². The highest BCUT2D eigenvalue weighted by Crippen LogP contribution is 2.07. The highest BCUT2D eigenvalue weighted by Gasteiger charge is 2.11. The van der Waals surface area contributed by atoms with E-state index in [4.69, 9.17) is 5.73 Å². The smallest absolute Gasteiger partial charge is 0.191 e. The maximum atomic E-state index is 5.97. The Balaban J connectivity index is 0.00000256. The van der Waals surface area contributed by atoms with E-state index in [1.165, 1.54) is 19.3 Å². The van der Waals surface area contributed by atoms with Crippen molar-refractivity contribution in [3.05, 3.63) is 0 Å². The molecule has 1 aliphatic rings. The van der Waals surface area contributed by atoms with E-state index < -0.39 is 0 Å². The molecule has 0 atom stereocenters. The summed E-state index contributed by atoms with van der Waals surface area (Å²) in [6.07, 6.45) is 3.85. The van der Waals surface area contributed by atoms with Gasteiger partial charge in [-0.1, -0.05) is 13.8 Å². The quantitative estimate of drug-likeness (QED) is 0.465. The monoisotopic (exact) mass is 354 g/mol. The second-order valence-corrected chi connectivity index (χ2v) is 4.31. The maximum absolute atomic E-state index is 5.97. The molecule has 1 heterocycles. The van der Waals surface area contributed by atoms with Crippen molar-refractivity contribution < 1.29 is 0 Å². The predicted molar refractivity (Wildman–Crippen MR) is 85.1 cm³/mol. The summed E-state index contributed by atoms with van der Waals surface area (Å²) in [4.78, 5) is 9.04. The van der Waals surface area contributed by atoms with Crippen molar-refractivity contribution in [3.8, 4) is 0 Å². The van der Waals surface area contributed by atoms with Crippen LogP contribution in [0.2, 0.25) is 0 Å². The van der Waals surface area contributed by atoms with Crippen molar-refractivity contribution in [1.29, 1.82) is 0 Å². The Morgan fingerprint density at radius 3 is 2.29 bits per heavy atom. The number of halogens is 1. The summed E-state index contributed by atoms with van der Waals surface area (Å²) in [7, 11) is 0. The minimum atomic E-state index is 0. The predicted octanol–water partition coefficient (Wildman–Crippen LogP) is 1.75. The van der Waals surface area contributed by atoms with Crippen molar-refractivity contribution in [3.63, 3.8) is 0 Å². The number of rotatable bonds is 5. The van der Waals surface area contributed by atoms with Crippen molar-refractivity contribution >= 4 is 29.9 Å². The molecule has 102 valence electrons. The average Bonchev–Trinajstić information content (AvgIpc) is 2.35. The number of hydrogen-bond acceptors (Lipinski definition) is 2. The van der Waals surface area contributed by atoms with Crippen LogP contribution in [0.15, 0.2) is 4.99 Å². The lowest BCUT2D eigenvalue weighted by Crippen LogP contribution is -2.41. The van der Waals surface area contributed by atoms with Crippen LogP contribution in [0.1, 0.15) is 33.1 Å². The Bertz CT molecular complexity index is 211. The standard InChI is InChI=1S/C12H26N4.HI/c1-3-15(4-2)11-8-14-12(13)16-9-6-5-7-10-16;/h3-11H2,1-2H3,(H2,13,14);1H. The zero-order valence-electron chi connectivity index (χ0n) is 11.2. The lowest BCUT2D eigenvalue weighted by molar-refractivity contribution is 0.309. The first-order valence-corrected chi connectivity index (χ1v) is 6.55. The SMILES string of the molecule is CCN(CC)CCN=C(N)N1CCCCC1.I. The van der Waals surface area contributed by atoms with Crippen LogP contribution in [-0.4, -0.2) is 55.0 Å². The van der Waals surface area contributed by atoms with Gasteiger partial charge >= 0.3 is 0 Å². The zero-order valence-corrected chi connectivity index (χ0v) is 13.5. The van der Waals surface area contributed by atoms with E-state index in [2.05, 4.69) is 28.6 Å². The molecule has 1 fully saturated rings. The summed E-state index contributed by atoms with van der Waals surface area (Å²) in [5.41, 5.74) is 5.97. The molecule has 0 bridgehead atoms. The Hall–Kier alpha value is -0.0400. The van der Waals surface area contributed by atoms with Gasteiger partial charge in [0.1, 0.15) is 0 Å². The molecule has 0 amide bonds. The van der Waals surface area contributed by atoms with E-state index in [1.54, 1.807) is 0 Å². The van der Waals surface area contributed by atoms with E-state index in [1.807, 2.05) is 0 Å². The number of hydrogen-bond donors (Lipinski definition) is 1. The van der Waals surface area contributed by atoms with Gasteiger partial charge in [-0.15, -0.1) is 24.0 Å². The van der Waals surface area contributed by atoms with Crippen molar-refractivity contribution in [2.24, 2.45) is 10.7 Å². The Labute approximate surface area is 123 Å². The van der Waals surface area contributed by atoms with E-state index >= 15 is 0 Å². The molecule has 0 aliphatic carbocycles. The zero-order chi connectivity index (χ0) is 11.8. The molecule has 0 aromatic carbocycles. The summed E-state index contributed by atoms with van der Waals surface area (Å²) in [5.74, 6) is 0.742. The molecular formula is C12H27IN4. The van der Waals surface area contributed by atoms with Gasteiger partial charge in [-0.2, -0.15) is 0 Å². The number of nitrogens with two attached hydrogens (primary N) is 1. The van der Waals surface area contributed by atoms with E-state index in [0.717, 1.165) is 45.2 Å². The third-order valence-corrected chi connectivity index (χ3v) is 3.26. The largest absolute Gasteiger partial charge is 0.370 e. The Morgan fingerprint density at radius 1 is 1.18 bits per heavy atom. The van der Waals surface area contributed by atoms with Crippen LogP contribution < -0.4 is 5.73 Å². The summed E-state index contributed by atoms with van der Waals surface area (Å²) in [6.45, 7) is 10.6. The average molecular weight is 354 g/mol. The van der Waals surface area contributed by atoms with Crippen LogP contribution >= 0.6 is 24.0 Å². The molecule has 1 aliphatic heterocycles. The highest BCUT2D eigenvalue weighted by atomic mass is 127. The normalized spacial score (nSPS) is 17.1. The number of piperidine rings is 1. The number of likely N-dealkylation sites (tertiary alicyclic amines) is 1. The number of guanidine groups is 1. The summed E-state index contributed by atoms with van der Waals surface area (Å²) >= 11 is 0. The highest BCUT2D eigenvalue weighted by molar-refractivity contribution is 14.0. The van der Waals surface area contributed by atoms with Gasteiger partial charge in [0.25, 0.3) is 0 Å². The van der Waals surface area contributed by atoms with Gasteiger partial charge < -0.3 is 15.5 Å². The van der Waals surface area contributed by atoms with E-state index in [9.17, 15) is 0 Å². The first-order chi connectivity index (χ1) is 7.77. The van der Waals surface area contributed by atoms with Crippen LogP contribution in [-0.2, 0) is 0 Å². The van der Waals surface area contributed by atoms with Crippen molar-refractivity contribution in [2.45, 2.75) is 33.1 Å². The van der Waals surface area contributed by atoms with Crippen LogP contribution in [0.3, 0.4) is 0 Å². The third kappa shape index (κ3) is 6.45. The Kier molecular flexibility index (Phi) is 9.91. The van der Waals surface area contributed by atoms with Gasteiger partial charge in [0.2, 0.25) is 0 Å². The second kappa shape index (κ2) is 9.94. The number of likely N-dealkylation sites (N-methyl/N-ethyl adjacent to an activating group) is 1. The second-order valence-electron chi connectivity index (χ2n) is 4.31. The van der Waals surface area contributed by atoms with E-state index in [-0.39, 0.29) is 24.0 Å². The third-order valence-electron chi connectivity index (χ3n) is 3.26. The Morgan fingerprint density at radius 2 is 1.76 bits per heavy atom. The molecule has 17 heavy (non-hydrogen) atoms. The molecule has 0 saturated carbocycles. The van der Waals surface area contributed by atoms with Crippen LogP contribution in [0.5, 0.6) is 0 Å². The fourth-order valence-corrected chi connectivity index (χ4v) is 2.07. The molecule has 0 spiro atoms. The maximum Gasteiger partial charge on any atom is 0.191 e. The van der Waals surface area contributed by atoms with Crippen LogP contribution in [0, 0.1) is 0 Å².